The molecule has 2 amide bonds. The second kappa shape index (κ2) is 4.73. The fraction of sp³-hybridized carbons (Fsp3) is 0.429. The summed E-state index contributed by atoms with van der Waals surface area (Å²) in [5.41, 5.74) is 0.631. The normalized spacial score (nSPS) is 10.8. The maximum absolute atomic E-state index is 10.7. The number of amides is 2. The predicted octanol–water partition coefficient (Wildman–Crippen LogP) is 1.36. The highest BCUT2D eigenvalue weighted by molar-refractivity contribution is 6.00. The van der Waals surface area contributed by atoms with Crippen molar-refractivity contribution < 1.29 is 4.79 Å². The molecule has 0 aliphatic heterocycles. The second-order valence-corrected chi connectivity index (χ2v) is 1.79. The van der Waals surface area contributed by atoms with E-state index in [1.54, 1.807) is 6.92 Å². The van der Waals surface area contributed by atoms with E-state index >= 15 is 0 Å². The van der Waals surface area contributed by atoms with Gasteiger partial charge < -0.3 is 5.32 Å². The summed E-state index contributed by atoms with van der Waals surface area (Å²) in [7, 11) is 0. The Kier molecular flexibility index (Phi) is 4.20. The van der Waals surface area contributed by atoms with Crippen LogP contribution >= 0.6 is 0 Å². The van der Waals surface area contributed by atoms with Crippen LogP contribution in [0.5, 0.6) is 0 Å². The number of carbonyl (C=O) groups is 1. The van der Waals surface area contributed by atoms with Gasteiger partial charge >= 0.3 is 6.03 Å². The first-order chi connectivity index (χ1) is 4.70. The zero-order valence-electron chi connectivity index (χ0n) is 6.35. The van der Waals surface area contributed by atoms with Gasteiger partial charge in [0.25, 0.3) is 0 Å². The summed E-state index contributed by atoms with van der Waals surface area (Å²) in [5.74, 6) is 0. The van der Waals surface area contributed by atoms with Crippen molar-refractivity contribution in [3.05, 3.63) is 12.7 Å². The average Bonchev–Trinajstić information content (AvgIpc) is 1.88. The molecule has 0 saturated heterocycles. The maximum atomic E-state index is 10.7. The molecule has 0 rings (SSSR count). The van der Waals surface area contributed by atoms with Gasteiger partial charge in [-0.3, -0.25) is 0 Å². The van der Waals surface area contributed by atoms with E-state index in [2.05, 4.69) is 16.9 Å². The van der Waals surface area contributed by atoms with Crippen molar-refractivity contribution in [3.8, 4) is 0 Å². The first-order valence-corrected chi connectivity index (χ1v) is 3.16. The summed E-state index contributed by atoms with van der Waals surface area (Å²) in [4.78, 5) is 14.3. The SMILES string of the molecule is C=CC(C)=NC(=O)NCC. The minimum absolute atomic E-state index is 0.306. The van der Waals surface area contributed by atoms with Gasteiger partial charge in [0.1, 0.15) is 0 Å². The Morgan fingerprint density at radius 1 is 1.80 bits per heavy atom. The van der Waals surface area contributed by atoms with Crippen molar-refractivity contribution in [2.75, 3.05) is 6.54 Å². The molecular weight excluding hydrogens is 128 g/mol. The molecule has 0 atom stereocenters. The van der Waals surface area contributed by atoms with E-state index in [4.69, 9.17) is 0 Å². The van der Waals surface area contributed by atoms with Crippen LogP contribution in [0.15, 0.2) is 17.6 Å². The molecule has 0 saturated carbocycles. The third-order valence-corrected chi connectivity index (χ3v) is 0.901. The van der Waals surface area contributed by atoms with Crippen molar-refractivity contribution in [2.45, 2.75) is 13.8 Å². The lowest BCUT2D eigenvalue weighted by molar-refractivity contribution is 0.250. The van der Waals surface area contributed by atoms with E-state index in [1.165, 1.54) is 6.08 Å². The molecule has 0 aromatic rings. The van der Waals surface area contributed by atoms with E-state index in [1.807, 2.05) is 6.92 Å². The molecule has 0 aliphatic carbocycles. The topological polar surface area (TPSA) is 41.5 Å². The highest BCUT2D eigenvalue weighted by Crippen LogP contribution is 1.79. The van der Waals surface area contributed by atoms with Gasteiger partial charge in [0, 0.05) is 12.3 Å². The second-order valence-electron chi connectivity index (χ2n) is 1.79. The van der Waals surface area contributed by atoms with Crippen LogP contribution < -0.4 is 5.32 Å². The zero-order chi connectivity index (χ0) is 7.98. The summed E-state index contributed by atoms with van der Waals surface area (Å²) in [5, 5.41) is 2.54. The highest BCUT2D eigenvalue weighted by atomic mass is 16.2. The molecule has 0 aromatic carbocycles. The summed E-state index contributed by atoms with van der Waals surface area (Å²) >= 11 is 0. The Morgan fingerprint density at radius 3 is 2.80 bits per heavy atom. The van der Waals surface area contributed by atoms with Crippen LogP contribution in [0.1, 0.15) is 13.8 Å². The van der Waals surface area contributed by atoms with E-state index in [0.717, 1.165) is 0 Å². The van der Waals surface area contributed by atoms with Crippen molar-refractivity contribution in [3.63, 3.8) is 0 Å². The minimum atomic E-state index is -0.306. The summed E-state index contributed by atoms with van der Waals surface area (Å²) in [6, 6.07) is -0.306. The smallest absolute Gasteiger partial charge is 0.337 e. The van der Waals surface area contributed by atoms with Crippen LogP contribution in [0, 0.1) is 0 Å². The maximum Gasteiger partial charge on any atom is 0.341 e. The number of allylic oxidation sites excluding steroid dienone is 1. The van der Waals surface area contributed by atoms with E-state index in [9.17, 15) is 4.79 Å². The van der Waals surface area contributed by atoms with Gasteiger partial charge in [0.15, 0.2) is 0 Å². The average molecular weight is 140 g/mol. The lowest BCUT2D eigenvalue weighted by atomic mass is 10.4. The molecule has 3 heteroatoms. The van der Waals surface area contributed by atoms with Gasteiger partial charge in [-0.2, -0.15) is 4.99 Å². The first kappa shape index (κ1) is 8.88. The Balaban J connectivity index is 3.86. The molecule has 0 aliphatic rings. The fourth-order valence-electron chi connectivity index (χ4n) is 0.397. The number of aliphatic imine (C=N–C) groups is 1. The Morgan fingerprint density at radius 2 is 2.40 bits per heavy atom. The van der Waals surface area contributed by atoms with Crippen LogP contribution in [0.2, 0.25) is 0 Å². The molecule has 0 bridgehead atoms. The van der Waals surface area contributed by atoms with Crippen molar-refractivity contribution in [2.24, 2.45) is 4.99 Å². The lowest BCUT2D eigenvalue weighted by Gasteiger charge is -1.94. The van der Waals surface area contributed by atoms with Crippen molar-refractivity contribution >= 4 is 11.7 Å². The summed E-state index contributed by atoms with van der Waals surface area (Å²) in [6.07, 6.45) is 1.54. The van der Waals surface area contributed by atoms with E-state index in [-0.39, 0.29) is 6.03 Å². The zero-order valence-corrected chi connectivity index (χ0v) is 6.35. The van der Waals surface area contributed by atoms with Crippen LogP contribution in [-0.2, 0) is 0 Å². The van der Waals surface area contributed by atoms with Crippen molar-refractivity contribution in [1.82, 2.24) is 5.32 Å². The Hall–Kier alpha value is -1.12. The molecule has 0 aromatic heterocycles. The minimum Gasteiger partial charge on any atom is -0.337 e. The number of rotatable bonds is 2. The molecule has 3 nitrogen and oxygen atoms in total. The van der Waals surface area contributed by atoms with Gasteiger partial charge in [-0.1, -0.05) is 6.58 Å². The number of urea groups is 1. The number of hydrogen-bond acceptors (Lipinski definition) is 1. The van der Waals surface area contributed by atoms with Gasteiger partial charge in [-0.25, -0.2) is 4.79 Å². The van der Waals surface area contributed by atoms with Gasteiger partial charge in [0.2, 0.25) is 0 Å². The van der Waals surface area contributed by atoms with Gasteiger partial charge in [-0.15, -0.1) is 0 Å². The van der Waals surface area contributed by atoms with Crippen LogP contribution in [-0.4, -0.2) is 18.3 Å². The number of hydrogen-bond donors (Lipinski definition) is 1. The predicted molar refractivity (Wildman–Crippen MR) is 42.4 cm³/mol. The van der Waals surface area contributed by atoms with Crippen molar-refractivity contribution in [1.29, 1.82) is 0 Å². The highest BCUT2D eigenvalue weighted by Gasteiger charge is 1.92. The molecule has 0 unspecified atom stereocenters. The van der Waals surface area contributed by atoms with E-state index in [0.29, 0.717) is 12.3 Å². The van der Waals surface area contributed by atoms with Crippen LogP contribution in [0.4, 0.5) is 4.79 Å². The molecule has 0 radical (unpaired) electrons. The Bertz CT molecular complexity index is 161. The monoisotopic (exact) mass is 140 g/mol. The molecule has 1 N–H and O–H groups in total. The van der Waals surface area contributed by atoms with Gasteiger partial charge in [0.05, 0.1) is 0 Å². The van der Waals surface area contributed by atoms with Crippen LogP contribution in [0.25, 0.3) is 0 Å². The molecule has 56 valence electrons. The fourth-order valence-corrected chi connectivity index (χ4v) is 0.397. The first-order valence-electron chi connectivity index (χ1n) is 3.16. The third-order valence-electron chi connectivity index (χ3n) is 0.901. The van der Waals surface area contributed by atoms with E-state index < -0.39 is 0 Å². The molecule has 0 heterocycles. The standard InChI is InChI=1S/C7H12N2O/c1-4-6(3)9-7(10)8-5-2/h4H,1,5H2,2-3H3,(H,8,10). The summed E-state index contributed by atoms with van der Waals surface area (Å²) in [6.45, 7) is 7.64. The molecule has 10 heavy (non-hydrogen) atoms. The Labute approximate surface area is 60.8 Å². The number of carbonyl (C=O) groups excluding carboxylic acids is 1. The largest absolute Gasteiger partial charge is 0.341 e. The third kappa shape index (κ3) is 3.83. The quantitative estimate of drug-likeness (QED) is 0.578. The van der Waals surface area contributed by atoms with Crippen LogP contribution in [0.3, 0.4) is 0 Å². The van der Waals surface area contributed by atoms with Gasteiger partial charge in [-0.05, 0) is 19.9 Å². The lowest BCUT2D eigenvalue weighted by Crippen LogP contribution is -2.19. The molecule has 0 fully saturated rings. The molecular formula is C7H12N2O. The number of nitrogens with one attached hydrogen (secondary N) is 1. The number of nitrogens with zero attached hydrogens (tertiary/aromatic N) is 1. The molecule has 0 spiro atoms. The summed E-state index contributed by atoms with van der Waals surface area (Å²) < 4.78 is 0.